The van der Waals surface area contributed by atoms with Crippen LogP contribution in [0, 0.1) is 0 Å². The molecule has 172 valence electrons. The van der Waals surface area contributed by atoms with E-state index < -0.39 is 16.1 Å². The number of ether oxygens (including phenoxy) is 1. The van der Waals surface area contributed by atoms with E-state index in [0.29, 0.717) is 36.5 Å². The molecule has 2 aromatic carbocycles. The predicted molar refractivity (Wildman–Crippen MR) is 122 cm³/mol. The average molecular weight is 460 g/mol. The van der Waals surface area contributed by atoms with Gasteiger partial charge in [-0.3, -0.25) is 14.3 Å². The smallest absolute Gasteiger partial charge is 0.261 e. The van der Waals surface area contributed by atoms with Crippen LogP contribution in [0.3, 0.4) is 0 Å². The zero-order valence-electron chi connectivity index (χ0n) is 18.3. The minimum Gasteiger partial charge on any atom is -0.497 e. The molecule has 0 radical (unpaired) electrons. The van der Waals surface area contributed by atoms with Gasteiger partial charge in [-0.25, -0.2) is 8.42 Å². The molecule has 1 atom stereocenters. The number of anilines is 1. The molecule has 2 N–H and O–H groups in total. The first-order valence-corrected chi connectivity index (χ1v) is 12.2. The summed E-state index contributed by atoms with van der Waals surface area (Å²) in [6.45, 7) is 3.19. The van der Waals surface area contributed by atoms with Crippen LogP contribution in [0.5, 0.6) is 5.75 Å². The number of carbonyl (C=O) groups excluding carboxylic acids is 2. The second-order valence-corrected chi connectivity index (χ2v) is 9.34. The quantitative estimate of drug-likeness (QED) is 0.561. The van der Waals surface area contributed by atoms with Gasteiger partial charge >= 0.3 is 0 Å². The molecule has 32 heavy (non-hydrogen) atoms. The number of unbranched alkanes of at least 4 members (excludes halogenated alkanes) is 1. The Morgan fingerprint density at radius 2 is 1.78 bits per heavy atom. The monoisotopic (exact) mass is 459 g/mol. The third-order valence-electron chi connectivity index (χ3n) is 5.40. The molecule has 2 aromatic rings. The molecule has 1 aliphatic heterocycles. The number of likely N-dealkylation sites (tertiary alicyclic amines) is 1. The number of sulfonamides is 1. The van der Waals surface area contributed by atoms with E-state index in [9.17, 15) is 18.0 Å². The van der Waals surface area contributed by atoms with E-state index in [1.165, 1.54) is 19.2 Å². The summed E-state index contributed by atoms with van der Waals surface area (Å²) >= 11 is 0. The highest BCUT2D eigenvalue weighted by atomic mass is 32.2. The van der Waals surface area contributed by atoms with Crippen LogP contribution in [0.15, 0.2) is 53.4 Å². The molecule has 1 aliphatic rings. The zero-order chi connectivity index (χ0) is 23.1. The fraction of sp³-hybridized carbons (Fsp3) is 0.391. The van der Waals surface area contributed by atoms with Crippen LogP contribution in [0.2, 0.25) is 0 Å². The van der Waals surface area contributed by atoms with Gasteiger partial charge in [-0.1, -0.05) is 13.3 Å². The van der Waals surface area contributed by atoms with Crippen LogP contribution in [0.1, 0.15) is 43.0 Å². The molecule has 0 bridgehead atoms. The molecule has 1 heterocycles. The number of nitrogens with zero attached hydrogens (tertiary/aromatic N) is 1. The third kappa shape index (κ3) is 5.59. The summed E-state index contributed by atoms with van der Waals surface area (Å²) in [5, 5.41) is 2.90. The summed E-state index contributed by atoms with van der Waals surface area (Å²) in [6.07, 6.45) is 3.31. The second-order valence-electron chi connectivity index (χ2n) is 7.66. The molecule has 0 saturated carbocycles. The van der Waals surface area contributed by atoms with Gasteiger partial charge in [0.2, 0.25) is 5.91 Å². The topological polar surface area (TPSA) is 105 Å². The summed E-state index contributed by atoms with van der Waals surface area (Å²) in [4.78, 5) is 27.1. The van der Waals surface area contributed by atoms with Crippen molar-refractivity contribution in [1.29, 1.82) is 0 Å². The lowest BCUT2D eigenvalue weighted by Crippen LogP contribution is -2.46. The maximum atomic E-state index is 13.0. The number of amides is 2. The summed E-state index contributed by atoms with van der Waals surface area (Å²) in [5.74, 6) is 0.210. The average Bonchev–Trinajstić information content (AvgIpc) is 3.29. The normalized spacial score (nSPS) is 15.9. The first kappa shape index (κ1) is 23.6. The maximum absolute atomic E-state index is 13.0. The van der Waals surface area contributed by atoms with E-state index in [4.69, 9.17) is 4.74 Å². The highest BCUT2D eigenvalue weighted by molar-refractivity contribution is 7.92. The number of hydrogen-bond donors (Lipinski definition) is 2. The number of carbonyl (C=O) groups is 2. The minimum atomic E-state index is -3.77. The van der Waals surface area contributed by atoms with Gasteiger partial charge in [-0.2, -0.15) is 0 Å². The molecule has 2 amide bonds. The van der Waals surface area contributed by atoms with Gasteiger partial charge in [-0.05, 0) is 67.8 Å². The molecule has 0 aromatic heterocycles. The number of nitrogens with one attached hydrogen (secondary N) is 2. The molecule has 0 aliphatic carbocycles. The highest BCUT2D eigenvalue weighted by Gasteiger charge is 2.34. The Morgan fingerprint density at radius 3 is 2.41 bits per heavy atom. The standard InChI is InChI=1S/C23H29N3O5S/c1-3-4-15-24-22(27)21-6-5-16-26(21)23(28)17-7-9-18(10-8-17)25-32(29,30)20-13-11-19(31-2)12-14-20/h7-14,21,25H,3-6,15-16H2,1-2H3,(H,24,27)/t21-/m0/s1. The van der Waals surface area contributed by atoms with Crippen molar-refractivity contribution in [1.82, 2.24) is 10.2 Å². The van der Waals surface area contributed by atoms with Gasteiger partial charge in [-0.15, -0.1) is 0 Å². The lowest BCUT2D eigenvalue weighted by atomic mass is 10.1. The van der Waals surface area contributed by atoms with Gasteiger partial charge < -0.3 is 15.0 Å². The van der Waals surface area contributed by atoms with Crippen LogP contribution in [0.4, 0.5) is 5.69 Å². The van der Waals surface area contributed by atoms with Crippen molar-refractivity contribution in [3.63, 3.8) is 0 Å². The van der Waals surface area contributed by atoms with Crippen molar-refractivity contribution in [2.75, 3.05) is 24.9 Å². The number of hydrogen-bond acceptors (Lipinski definition) is 5. The van der Waals surface area contributed by atoms with E-state index >= 15 is 0 Å². The van der Waals surface area contributed by atoms with E-state index in [1.807, 2.05) is 0 Å². The number of rotatable bonds is 9. The Kier molecular flexibility index (Phi) is 7.74. The van der Waals surface area contributed by atoms with Crippen LogP contribution in [0.25, 0.3) is 0 Å². The van der Waals surface area contributed by atoms with Crippen molar-refractivity contribution < 1.29 is 22.7 Å². The second kappa shape index (κ2) is 10.5. The molecule has 3 rings (SSSR count). The summed E-state index contributed by atoms with van der Waals surface area (Å²) < 4.78 is 32.7. The van der Waals surface area contributed by atoms with Gasteiger partial charge in [0.25, 0.3) is 15.9 Å². The van der Waals surface area contributed by atoms with E-state index in [1.54, 1.807) is 41.3 Å². The Balaban J connectivity index is 1.66. The van der Waals surface area contributed by atoms with E-state index in [-0.39, 0.29) is 16.7 Å². The first-order chi connectivity index (χ1) is 15.4. The highest BCUT2D eigenvalue weighted by Crippen LogP contribution is 2.23. The van der Waals surface area contributed by atoms with Crippen LogP contribution in [-0.2, 0) is 14.8 Å². The SMILES string of the molecule is CCCCNC(=O)[C@@H]1CCCN1C(=O)c1ccc(NS(=O)(=O)c2ccc(OC)cc2)cc1. The lowest BCUT2D eigenvalue weighted by molar-refractivity contribution is -0.124. The maximum Gasteiger partial charge on any atom is 0.261 e. The minimum absolute atomic E-state index is 0.104. The predicted octanol–water partition coefficient (Wildman–Crippen LogP) is 3.02. The van der Waals surface area contributed by atoms with E-state index in [0.717, 1.165) is 19.3 Å². The summed E-state index contributed by atoms with van der Waals surface area (Å²) in [6, 6.07) is 11.8. The molecular formula is C23H29N3O5S. The fourth-order valence-electron chi connectivity index (χ4n) is 3.60. The number of methoxy groups -OCH3 is 1. The summed E-state index contributed by atoms with van der Waals surface area (Å²) in [5.41, 5.74) is 0.748. The van der Waals surface area contributed by atoms with Gasteiger partial charge in [0.15, 0.2) is 0 Å². The fourth-order valence-corrected chi connectivity index (χ4v) is 4.66. The first-order valence-electron chi connectivity index (χ1n) is 10.7. The molecular weight excluding hydrogens is 430 g/mol. The molecule has 1 fully saturated rings. The van der Waals surface area contributed by atoms with Crippen molar-refractivity contribution in [3.05, 3.63) is 54.1 Å². The van der Waals surface area contributed by atoms with Gasteiger partial charge in [0, 0.05) is 24.3 Å². The van der Waals surface area contributed by atoms with Crippen LogP contribution in [-0.4, -0.2) is 51.4 Å². The van der Waals surface area contributed by atoms with Crippen molar-refractivity contribution in [2.45, 2.75) is 43.5 Å². The largest absolute Gasteiger partial charge is 0.497 e. The summed E-state index contributed by atoms with van der Waals surface area (Å²) in [7, 11) is -2.26. The Labute approximate surface area is 189 Å². The molecule has 0 spiro atoms. The third-order valence-corrected chi connectivity index (χ3v) is 6.80. The van der Waals surface area contributed by atoms with Crippen molar-refractivity contribution in [3.8, 4) is 5.75 Å². The Morgan fingerprint density at radius 1 is 1.09 bits per heavy atom. The molecule has 0 unspecified atom stereocenters. The molecule has 9 heteroatoms. The molecule has 8 nitrogen and oxygen atoms in total. The zero-order valence-corrected chi connectivity index (χ0v) is 19.2. The van der Waals surface area contributed by atoms with Gasteiger partial charge in [0.1, 0.15) is 11.8 Å². The van der Waals surface area contributed by atoms with Gasteiger partial charge in [0.05, 0.1) is 12.0 Å². The lowest BCUT2D eigenvalue weighted by Gasteiger charge is -2.24. The Bertz CT molecular complexity index is 1040. The van der Waals surface area contributed by atoms with Crippen molar-refractivity contribution >= 4 is 27.5 Å². The van der Waals surface area contributed by atoms with E-state index in [2.05, 4.69) is 17.0 Å². The van der Waals surface area contributed by atoms with Crippen LogP contribution < -0.4 is 14.8 Å². The molecule has 1 saturated heterocycles. The Hall–Kier alpha value is -3.07. The van der Waals surface area contributed by atoms with Crippen molar-refractivity contribution in [2.24, 2.45) is 0 Å². The number of benzene rings is 2. The van der Waals surface area contributed by atoms with Crippen LogP contribution >= 0.6 is 0 Å².